The van der Waals surface area contributed by atoms with Crippen molar-refractivity contribution in [1.82, 2.24) is 0 Å². The summed E-state index contributed by atoms with van der Waals surface area (Å²) < 4.78 is 0. The lowest BCUT2D eigenvalue weighted by Crippen LogP contribution is -1.88. The van der Waals surface area contributed by atoms with Crippen molar-refractivity contribution in [1.29, 1.82) is 0 Å². The van der Waals surface area contributed by atoms with E-state index in [1.165, 1.54) is 25.7 Å². The second kappa shape index (κ2) is 9.96. The monoisotopic (exact) mass is 156 g/mol. The zero-order valence-electron chi connectivity index (χ0n) is 7.77. The molecule has 0 saturated heterocycles. The molecular formula is C10H20O. The quantitative estimate of drug-likeness (QED) is 0.586. The molecule has 0 atom stereocenters. The molecule has 0 aromatic rings. The van der Waals surface area contributed by atoms with Gasteiger partial charge in [0.15, 0.2) is 0 Å². The Labute approximate surface area is 71.8 Å². The number of hydrogen-bond donors (Lipinski definition) is 1. The van der Waals surface area contributed by atoms with Gasteiger partial charge in [-0.1, -0.05) is 39.5 Å². The third kappa shape index (κ3) is 13.0. The van der Waals surface area contributed by atoms with Crippen LogP contribution in [0, 0.1) is 13.3 Å². The van der Waals surface area contributed by atoms with Gasteiger partial charge in [0, 0.05) is 14.0 Å². The summed E-state index contributed by atoms with van der Waals surface area (Å²) in [5, 5.41) is 8.47. The predicted octanol–water partition coefficient (Wildman–Crippen LogP) is 2.67. The Morgan fingerprint density at radius 3 is 2.00 bits per heavy atom. The molecule has 0 unspecified atom stereocenters. The van der Waals surface area contributed by atoms with Gasteiger partial charge in [0.2, 0.25) is 0 Å². The summed E-state index contributed by atoms with van der Waals surface area (Å²) in [6.45, 7) is 4.87. The highest BCUT2D eigenvalue weighted by atomic mass is 16.2. The first kappa shape index (κ1) is 13.5. The maximum atomic E-state index is 8.47. The van der Waals surface area contributed by atoms with Gasteiger partial charge < -0.3 is 5.11 Å². The van der Waals surface area contributed by atoms with Crippen molar-refractivity contribution >= 4 is 0 Å². The smallest absolute Gasteiger partial charge is 0.0431 e. The number of aliphatic hydroxyl groups is 1. The van der Waals surface area contributed by atoms with Crippen LogP contribution in [0.5, 0.6) is 0 Å². The molecule has 66 valence electrons. The highest BCUT2D eigenvalue weighted by molar-refractivity contribution is 4.46. The van der Waals surface area contributed by atoms with Crippen molar-refractivity contribution in [2.24, 2.45) is 5.92 Å². The van der Waals surface area contributed by atoms with E-state index in [-0.39, 0.29) is 7.43 Å². The maximum Gasteiger partial charge on any atom is 0.0431 e. The van der Waals surface area contributed by atoms with Gasteiger partial charge in [0.05, 0.1) is 0 Å². The van der Waals surface area contributed by atoms with Gasteiger partial charge in [-0.15, -0.1) is 0 Å². The van der Waals surface area contributed by atoms with Crippen LogP contribution in [0.15, 0.2) is 0 Å². The van der Waals surface area contributed by atoms with E-state index in [1.807, 2.05) is 0 Å². The molecule has 0 rings (SSSR count). The van der Waals surface area contributed by atoms with Crippen LogP contribution in [0.25, 0.3) is 0 Å². The van der Waals surface area contributed by atoms with Crippen LogP contribution in [0.4, 0.5) is 0 Å². The van der Waals surface area contributed by atoms with E-state index < -0.39 is 0 Å². The molecule has 0 amide bonds. The normalized spacial score (nSPS) is 9.82. The Morgan fingerprint density at radius 1 is 1.00 bits per heavy atom. The molecule has 0 fully saturated rings. The molecule has 0 spiro atoms. The van der Waals surface area contributed by atoms with E-state index in [9.17, 15) is 0 Å². The van der Waals surface area contributed by atoms with E-state index in [4.69, 9.17) is 5.11 Å². The Hall–Kier alpha value is -0.0400. The Kier molecular flexibility index (Phi) is 12.3. The molecule has 0 aliphatic rings. The number of unbranched alkanes of at least 4 members (excludes halogenated alkanes) is 3. The molecule has 0 saturated carbocycles. The third-order valence-electron chi connectivity index (χ3n) is 1.69. The van der Waals surface area contributed by atoms with Crippen LogP contribution in [-0.4, -0.2) is 11.7 Å². The fraction of sp³-hybridized carbons (Fsp3) is 0.900. The molecule has 0 bridgehead atoms. The highest BCUT2D eigenvalue weighted by Gasteiger charge is 1.92. The Morgan fingerprint density at radius 2 is 1.55 bits per heavy atom. The first-order valence-corrected chi connectivity index (χ1v) is 4.38. The molecule has 1 N–H and O–H groups in total. The van der Waals surface area contributed by atoms with E-state index in [1.54, 1.807) is 0 Å². The number of aliphatic hydroxyl groups excluding tert-OH is 1. The minimum atomic E-state index is 0. The zero-order chi connectivity index (χ0) is 7.82. The molecule has 0 heterocycles. The van der Waals surface area contributed by atoms with Gasteiger partial charge in [-0.05, 0) is 12.3 Å². The maximum absolute atomic E-state index is 8.47. The van der Waals surface area contributed by atoms with E-state index in [0.29, 0.717) is 6.61 Å². The molecule has 1 heteroatoms. The van der Waals surface area contributed by atoms with Gasteiger partial charge >= 0.3 is 0 Å². The van der Waals surface area contributed by atoms with Gasteiger partial charge in [-0.2, -0.15) is 0 Å². The standard InChI is InChI=1S/C9H20O.C/c1-9(2)7-5-3-4-6-8-10;/h9-10H,3-8H2,1-2H3;. The summed E-state index contributed by atoms with van der Waals surface area (Å²) in [4.78, 5) is 0. The zero-order valence-corrected chi connectivity index (χ0v) is 7.77. The van der Waals surface area contributed by atoms with E-state index >= 15 is 0 Å². The van der Waals surface area contributed by atoms with Crippen LogP contribution in [-0.2, 0) is 0 Å². The molecule has 0 aliphatic carbocycles. The lowest BCUT2D eigenvalue weighted by atomic mass is 10.0. The molecule has 11 heavy (non-hydrogen) atoms. The summed E-state index contributed by atoms with van der Waals surface area (Å²) in [6, 6.07) is 0. The van der Waals surface area contributed by atoms with Gasteiger partial charge in [0.1, 0.15) is 0 Å². The second-order valence-corrected chi connectivity index (χ2v) is 3.32. The summed E-state index contributed by atoms with van der Waals surface area (Å²) in [5.41, 5.74) is 0. The topological polar surface area (TPSA) is 20.2 Å². The molecular weight excluding hydrogens is 136 g/mol. The van der Waals surface area contributed by atoms with Gasteiger partial charge in [-0.25, -0.2) is 0 Å². The van der Waals surface area contributed by atoms with Gasteiger partial charge in [0.25, 0.3) is 0 Å². The van der Waals surface area contributed by atoms with Crippen molar-refractivity contribution in [3.05, 3.63) is 7.43 Å². The average Bonchev–Trinajstić information content (AvgIpc) is 1.87. The first-order chi connectivity index (χ1) is 4.77. The lowest BCUT2D eigenvalue weighted by molar-refractivity contribution is 0.282. The van der Waals surface area contributed by atoms with Crippen molar-refractivity contribution in [2.75, 3.05) is 6.61 Å². The molecule has 4 radical (unpaired) electrons. The van der Waals surface area contributed by atoms with E-state index in [0.717, 1.165) is 12.3 Å². The summed E-state index contributed by atoms with van der Waals surface area (Å²) in [6.07, 6.45) is 6.14. The molecule has 0 aliphatic heterocycles. The van der Waals surface area contributed by atoms with Crippen LogP contribution >= 0.6 is 0 Å². The van der Waals surface area contributed by atoms with Crippen LogP contribution < -0.4 is 0 Å². The third-order valence-corrected chi connectivity index (χ3v) is 1.69. The largest absolute Gasteiger partial charge is 0.396 e. The van der Waals surface area contributed by atoms with Crippen LogP contribution in [0.2, 0.25) is 0 Å². The average molecular weight is 156 g/mol. The number of hydrogen-bond acceptors (Lipinski definition) is 1. The lowest BCUT2D eigenvalue weighted by Gasteiger charge is -2.02. The SMILES string of the molecule is CC(C)CCCCCCO.[C]. The minimum Gasteiger partial charge on any atom is -0.396 e. The van der Waals surface area contributed by atoms with Crippen LogP contribution in [0.3, 0.4) is 0 Å². The van der Waals surface area contributed by atoms with Gasteiger partial charge in [-0.3, -0.25) is 0 Å². The van der Waals surface area contributed by atoms with Crippen LogP contribution in [0.1, 0.15) is 46.0 Å². The summed E-state index contributed by atoms with van der Waals surface area (Å²) in [5.74, 6) is 0.842. The summed E-state index contributed by atoms with van der Waals surface area (Å²) >= 11 is 0. The Balaban J connectivity index is 0. The fourth-order valence-electron chi connectivity index (χ4n) is 1.02. The van der Waals surface area contributed by atoms with E-state index in [2.05, 4.69) is 13.8 Å². The first-order valence-electron chi connectivity index (χ1n) is 4.38. The fourth-order valence-corrected chi connectivity index (χ4v) is 1.02. The number of rotatable bonds is 6. The van der Waals surface area contributed by atoms with Crippen molar-refractivity contribution < 1.29 is 5.11 Å². The Bertz CT molecular complexity index is 59.9. The highest BCUT2D eigenvalue weighted by Crippen LogP contribution is 2.08. The molecule has 1 nitrogen and oxygen atoms in total. The van der Waals surface area contributed by atoms with Crippen molar-refractivity contribution in [3.8, 4) is 0 Å². The van der Waals surface area contributed by atoms with Crippen molar-refractivity contribution in [3.63, 3.8) is 0 Å². The second-order valence-electron chi connectivity index (χ2n) is 3.32. The minimum absolute atomic E-state index is 0. The molecule has 0 aromatic heterocycles. The predicted molar refractivity (Wildman–Crippen MR) is 48.3 cm³/mol. The van der Waals surface area contributed by atoms with Crippen molar-refractivity contribution in [2.45, 2.75) is 46.0 Å². The molecule has 0 aromatic carbocycles. The summed E-state index contributed by atoms with van der Waals surface area (Å²) in [7, 11) is 0.